The molecule has 0 aliphatic carbocycles. The van der Waals surface area contributed by atoms with Gasteiger partial charge in [-0.1, -0.05) is 29.8 Å². The quantitative estimate of drug-likeness (QED) is 0.154. The van der Waals surface area contributed by atoms with Crippen LogP contribution in [0, 0.1) is 6.92 Å². The third-order valence-electron chi connectivity index (χ3n) is 5.28. The Labute approximate surface area is 228 Å². The maximum Gasteiger partial charge on any atom is 0.271 e. The molecule has 7 nitrogen and oxygen atoms in total. The lowest BCUT2D eigenvalue weighted by Gasteiger charge is -2.12. The monoisotopic (exact) mass is 578 g/mol. The van der Waals surface area contributed by atoms with E-state index >= 15 is 0 Å². The van der Waals surface area contributed by atoms with Crippen LogP contribution in [0.15, 0.2) is 75.6 Å². The average Bonchev–Trinajstić information content (AvgIpc) is 3.36. The predicted molar refractivity (Wildman–Crippen MR) is 154 cm³/mol. The van der Waals surface area contributed by atoms with Gasteiger partial charge in [0.2, 0.25) is 0 Å². The van der Waals surface area contributed by atoms with Gasteiger partial charge in [0.25, 0.3) is 5.91 Å². The smallest absolute Gasteiger partial charge is 0.271 e. The van der Waals surface area contributed by atoms with Crippen molar-refractivity contribution in [1.29, 1.82) is 0 Å². The number of halogens is 1. The number of carbonyl (C=O) groups excluding carboxylic acids is 1. The summed E-state index contributed by atoms with van der Waals surface area (Å²) in [4.78, 5) is 17.3. The summed E-state index contributed by atoms with van der Waals surface area (Å²) >= 11 is 5.05. The molecule has 4 rings (SSSR count). The second kappa shape index (κ2) is 12.5. The van der Waals surface area contributed by atoms with Gasteiger partial charge >= 0.3 is 0 Å². The van der Waals surface area contributed by atoms with Crippen molar-refractivity contribution in [3.63, 3.8) is 0 Å². The summed E-state index contributed by atoms with van der Waals surface area (Å²) in [5, 5.41) is 10.2. The minimum absolute atomic E-state index is 0.310. The van der Waals surface area contributed by atoms with Gasteiger partial charge in [0.05, 0.1) is 25.1 Å². The Balaban J connectivity index is 1.38. The van der Waals surface area contributed by atoms with Crippen molar-refractivity contribution in [3.05, 3.63) is 87.2 Å². The highest BCUT2D eigenvalue weighted by atomic mass is 79.9. The lowest BCUT2D eigenvalue weighted by molar-refractivity contribution is 0.0955. The molecule has 1 heterocycles. The standard InChI is InChI=1S/C28H27BrN4O3S/c1-4-35-25-14-21(23(29)15-26(25)36-5-2)16-30-33-27(34)20-10-8-19(9-11-20)24-17-37-28(32-24)31-22-12-6-18(3)7-13-22/h6-17H,4-5H2,1-3H3,(H,31,32)(H,33,34)/b30-16-. The number of hydrogen-bond acceptors (Lipinski definition) is 7. The van der Waals surface area contributed by atoms with E-state index in [1.807, 2.05) is 55.6 Å². The molecule has 0 fully saturated rings. The fraction of sp³-hybridized carbons (Fsp3) is 0.179. The molecule has 4 aromatic rings. The van der Waals surface area contributed by atoms with Crippen molar-refractivity contribution in [1.82, 2.24) is 10.4 Å². The highest BCUT2D eigenvalue weighted by Gasteiger charge is 2.11. The van der Waals surface area contributed by atoms with Crippen LogP contribution in [-0.4, -0.2) is 30.3 Å². The minimum Gasteiger partial charge on any atom is -0.490 e. The Kier molecular flexibility index (Phi) is 8.92. The molecule has 3 aromatic carbocycles. The number of aryl methyl sites for hydroxylation is 1. The van der Waals surface area contributed by atoms with Gasteiger partial charge in [-0.2, -0.15) is 5.10 Å². The number of nitrogens with zero attached hydrogens (tertiary/aromatic N) is 2. The summed E-state index contributed by atoms with van der Waals surface area (Å²) in [5.41, 5.74) is 7.79. The number of hydrogen-bond donors (Lipinski definition) is 2. The van der Waals surface area contributed by atoms with E-state index in [2.05, 4.69) is 55.8 Å². The first-order valence-electron chi connectivity index (χ1n) is 11.8. The lowest BCUT2D eigenvalue weighted by atomic mass is 10.1. The van der Waals surface area contributed by atoms with Gasteiger partial charge in [0.1, 0.15) is 0 Å². The van der Waals surface area contributed by atoms with Gasteiger partial charge < -0.3 is 14.8 Å². The van der Waals surface area contributed by atoms with Gasteiger partial charge in [0.15, 0.2) is 16.6 Å². The van der Waals surface area contributed by atoms with E-state index in [1.54, 1.807) is 18.3 Å². The van der Waals surface area contributed by atoms with E-state index < -0.39 is 0 Å². The molecule has 0 spiro atoms. The third kappa shape index (κ3) is 6.96. The van der Waals surface area contributed by atoms with Crippen molar-refractivity contribution in [2.45, 2.75) is 20.8 Å². The topological polar surface area (TPSA) is 84.8 Å². The van der Waals surface area contributed by atoms with Crippen molar-refractivity contribution in [3.8, 4) is 22.8 Å². The van der Waals surface area contributed by atoms with Gasteiger partial charge in [-0.25, -0.2) is 10.4 Å². The molecule has 37 heavy (non-hydrogen) atoms. The Morgan fingerprint density at radius 3 is 2.38 bits per heavy atom. The van der Waals surface area contributed by atoms with Crippen molar-refractivity contribution in [2.75, 3.05) is 18.5 Å². The first-order chi connectivity index (χ1) is 18.0. The van der Waals surface area contributed by atoms with Crippen LogP contribution in [0.25, 0.3) is 11.3 Å². The van der Waals surface area contributed by atoms with Gasteiger partial charge in [-0.3, -0.25) is 4.79 Å². The Morgan fingerprint density at radius 2 is 1.70 bits per heavy atom. The SMILES string of the molecule is CCOc1cc(Br)c(/C=N\NC(=O)c2ccc(-c3csc(Nc4ccc(C)cc4)n3)cc2)cc1OCC. The number of amides is 1. The molecule has 0 saturated heterocycles. The molecule has 0 radical (unpaired) electrons. The largest absolute Gasteiger partial charge is 0.490 e. The van der Waals surface area contributed by atoms with Crippen molar-refractivity contribution >= 4 is 50.2 Å². The van der Waals surface area contributed by atoms with Gasteiger partial charge in [-0.05, 0) is 73.1 Å². The molecule has 0 atom stereocenters. The normalized spacial score (nSPS) is 10.9. The van der Waals surface area contributed by atoms with Crippen molar-refractivity contribution < 1.29 is 14.3 Å². The predicted octanol–water partition coefficient (Wildman–Crippen LogP) is 7.19. The molecule has 2 N–H and O–H groups in total. The zero-order valence-electron chi connectivity index (χ0n) is 20.7. The minimum atomic E-state index is -0.310. The zero-order valence-corrected chi connectivity index (χ0v) is 23.2. The highest BCUT2D eigenvalue weighted by molar-refractivity contribution is 9.10. The molecule has 1 aromatic heterocycles. The maximum atomic E-state index is 12.6. The molecule has 0 aliphatic heterocycles. The third-order valence-corrected chi connectivity index (χ3v) is 6.73. The number of thiazole rings is 1. The molecular formula is C28H27BrN4O3S. The highest BCUT2D eigenvalue weighted by Crippen LogP contribution is 2.33. The Morgan fingerprint density at radius 1 is 1.03 bits per heavy atom. The summed E-state index contributed by atoms with van der Waals surface area (Å²) in [6, 6.07) is 19.1. The molecule has 0 unspecified atom stereocenters. The number of hydrazone groups is 1. The summed E-state index contributed by atoms with van der Waals surface area (Å²) in [6.07, 6.45) is 1.56. The number of rotatable bonds is 10. The summed E-state index contributed by atoms with van der Waals surface area (Å²) < 4.78 is 12.1. The molecule has 0 saturated carbocycles. The number of carbonyl (C=O) groups is 1. The van der Waals surface area contributed by atoms with Gasteiger partial charge in [0, 0.05) is 32.2 Å². The van der Waals surface area contributed by atoms with E-state index in [9.17, 15) is 4.79 Å². The molecule has 1 amide bonds. The van der Waals surface area contributed by atoms with E-state index in [0.717, 1.165) is 32.1 Å². The van der Waals surface area contributed by atoms with E-state index in [-0.39, 0.29) is 5.91 Å². The molecule has 190 valence electrons. The van der Waals surface area contributed by atoms with Crippen LogP contribution >= 0.6 is 27.3 Å². The first-order valence-corrected chi connectivity index (χ1v) is 13.5. The van der Waals surface area contributed by atoms with Crippen LogP contribution in [0.2, 0.25) is 0 Å². The van der Waals surface area contributed by atoms with E-state index in [1.165, 1.54) is 16.9 Å². The molecule has 0 bridgehead atoms. The number of benzene rings is 3. The summed E-state index contributed by atoms with van der Waals surface area (Å²) in [6.45, 7) is 6.92. The van der Waals surface area contributed by atoms with Gasteiger partial charge in [-0.15, -0.1) is 11.3 Å². The summed E-state index contributed by atoms with van der Waals surface area (Å²) in [5.74, 6) is 0.959. The molecular weight excluding hydrogens is 552 g/mol. The average molecular weight is 580 g/mol. The van der Waals surface area contributed by atoms with Crippen LogP contribution < -0.4 is 20.2 Å². The zero-order chi connectivity index (χ0) is 26.2. The molecule has 0 aliphatic rings. The molecule has 9 heteroatoms. The Bertz CT molecular complexity index is 1390. The second-order valence-corrected chi connectivity index (χ2v) is 9.70. The van der Waals surface area contributed by atoms with Crippen LogP contribution in [0.5, 0.6) is 11.5 Å². The summed E-state index contributed by atoms with van der Waals surface area (Å²) in [7, 11) is 0. The number of nitrogens with one attached hydrogen (secondary N) is 2. The van der Waals surface area contributed by atoms with Crippen LogP contribution in [0.4, 0.5) is 10.8 Å². The Hall–Kier alpha value is -3.69. The maximum absolute atomic E-state index is 12.6. The lowest BCUT2D eigenvalue weighted by Crippen LogP contribution is -2.17. The van der Waals surface area contributed by atoms with E-state index in [4.69, 9.17) is 9.47 Å². The van der Waals surface area contributed by atoms with Crippen LogP contribution in [0.1, 0.15) is 35.3 Å². The van der Waals surface area contributed by atoms with Crippen molar-refractivity contribution in [2.24, 2.45) is 5.10 Å². The number of ether oxygens (including phenoxy) is 2. The van der Waals surface area contributed by atoms with Crippen LogP contribution in [0.3, 0.4) is 0 Å². The fourth-order valence-corrected chi connectivity index (χ4v) is 4.59. The fourth-order valence-electron chi connectivity index (χ4n) is 3.43. The number of anilines is 2. The van der Waals surface area contributed by atoms with Crippen LogP contribution in [-0.2, 0) is 0 Å². The number of aromatic nitrogens is 1. The first kappa shape index (κ1) is 26.4. The second-order valence-electron chi connectivity index (χ2n) is 7.99. The van der Waals surface area contributed by atoms with E-state index in [0.29, 0.717) is 30.3 Å².